The maximum absolute atomic E-state index is 11.7. The number of aromatic nitrogens is 2. The predicted molar refractivity (Wildman–Crippen MR) is 129 cm³/mol. The Hall–Kier alpha value is -4.04. The summed E-state index contributed by atoms with van der Waals surface area (Å²) in [4.78, 5) is 21.0. The quantitative estimate of drug-likeness (QED) is 0.213. The fourth-order valence-corrected chi connectivity index (χ4v) is 4.24. The van der Waals surface area contributed by atoms with Crippen molar-refractivity contribution in [3.63, 3.8) is 0 Å². The van der Waals surface area contributed by atoms with Gasteiger partial charge in [0.15, 0.2) is 0 Å². The van der Waals surface area contributed by atoms with Crippen LogP contribution >= 0.6 is 11.5 Å². The molecule has 0 amide bonds. The largest absolute Gasteiger partial charge is 0.476 e. The van der Waals surface area contributed by atoms with Crippen LogP contribution in [-0.2, 0) is 15.2 Å². The Morgan fingerprint density at radius 1 is 0.939 bits per heavy atom. The molecule has 0 saturated carbocycles. The van der Waals surface area contributed by atoms with Gasteiger partial charge in [-0.15, -0.1) is 0 Å². The minimum absolute atomic E-state index is 0.00784. The molecule has 0 spiro atoms. The summed E-state index contributed by atoms with van der Waals surface area (Å²) >= 11 is 1.07. The molecule has 0 fully saturated rings. The van der Waals surface area contributed by atoms with E-state index in [4.69, 9.17) is 4.84 Å². The highest BCUT2D eigenvalue weighted by molar-refractivity contribution is 7.09. The van der Waals surface area contributed by atoms with Gasteiger partial charge in [-0.25, -0.2) is 4.79 Å². The Balaban J connectivity index is 1.87. The van der Waals surface area contributed by atoms with E-state index in [0.29, 0.717) is 5.13 Å². The highest BCUT2D eigenvalue weighted by atomic mass is 32.1. The first-order chi connectivity index (χ1) is 16.1. The Bertz CT molecular complexity index is 1130. The molecule has 4 rings (SSSR count). The van der Waals surface area contributed by atoms with Crippen LogP contribution in [0, 0.1) is 0 Å². The summed E-state index contributed by atoms with van der Waals surface area (Å²) in [5.74, 6) is -1.26. The van der Waals surface area contributed by atoms with E-state index in [1.165, 1.54) is 0 Å². The fraction of sp³-hybridized carbons (Fsp3) is 0.120. The number of anilines is 1. The number of carboxylic acids is 1. The van der Waals surface area contributed by atoms with Gasteiger partial charge in [0.05, 0.1) is 0 Å². The smallest absolute Gasteiger partial charge is 0.362 e. The summed E-state index contributed by atoms with van der Waals surface area (Å²) in [6.07, 6.45) is 0. The summed E-state index contributed by atoms with van der Waals surface area (Å²) in [6, 6.07) is 30.1. The number of hydrogen-bond acceptors (Lipinski definition) is 7. The van der Waals surface area contributed by atoms with Crippen molar-refractivity contribution in [3.05, 3.63) is 114 Å². The molecule has 0 radical (unpaired) electrons. The molecule has 33 heavy (non-hydrogen) atoms. The average molecular weight is 459 g/mol. The summed E-state index contributed by atoms with van der Waals surface area (Å²) in [5, 5.41) is 17.2. The zero-order chi connectivity index (χ0) is 23.1. The second-order valence-corrected chi connectivity index (χ2v) is 7.81. The number of nitrogens with zero attached hydrogens (tertiary/aromatic N) is 3. The van der Waals surface area contributed by atoms with Gasteiger partial charge >= 0.3 is 5.97 Å². The number of hydrogen-bond donors (Lipinski definition) is 2. The van der Waals surface area contributed by atoms with Crippen molar-refractivity contribution in [2.24, 2.45) is 5.16 Å². The van der Waals surface area contributed by atoms with Gasteiger partial charge in [-0.05, 0) is 23.6 Å². The van der Waals surface area contributed by atoms with Crippen molar-refractivity contribution >= 4 is 28.3 Å². The van der Waals surface area contributed by atoms with E-state index < -0.39 is 11.5 Å². The summed E-state index contributed by atoms with van der Waals surface area (Å²) in [7, 11) is 0. The second kappa shape index (κ2) is 10.1. The van der Waals surface area contributed by atoms with Crippen LogP contribution in [0.5, 0.6) is 0 Å². The van der Waals surface area contributed by atoms with Gasteiger partial charge in [0.25, 0.3) is 0 Å². The van der Waals surface area contributed by atoms with Crippen molar-refractivity contribution in [1.29, 1.82) is 0 Å². The molecule has 0 aliphatic heterocycles. The lowest BCUT2D eigenvalue weighted by Crippen LogP contribution is -2.38. The number of rotatable bonds is 9. The van der Waals surface area contributed by atoms with Gasteiger partial charge < -0.3 is 15.3 Å². The maximum Gasteiger partial charge on any atom is 0.362 e. The lowest BCUT2D eigenvalue weighted by atomic mass is 9.77. The van der Waals surface area contributed by atoms with Crippen LogP contribution in [0.25, 0.3) is 0 Å². The normalized spacial score (nSPS) is 11.7. The minimum Gasteiger partial charge on any atom is -0.476 e. The first-order valence-corrected chi connectivity index (χ1v) is 11.1. The van der Waals surface area contributed by atoms with Crippen LogP contribution in [-0.4, -0.2) is 32.8 Å². The van der Waals surface area contributed by atoms with Crippen molar-refractivity contribution in [2.75, 3.05) is 11.9 Å². The van der Waals surface area contributed by atoms with Gasteiger partial charge in [-0.2, -0.15) is 9.36 Å². The minimum atomic E-state index is -1.26. The molecule has 1 aromatic heterocycles. The molecule has 0 atom stereocenters. The third kappa shape index (κ3) is 4.61. The zero-order valence-electron chi connectivity index (χ0n) is 17.9. The third-order valence-corrected chi connectivity index (χ3v) is 5.67. The fourth-order valence-electron chi connectivity index (χ4n) is 3.62. The number of carbonyl (C=O) groups is 1. The third-order valence-electron chi connectivity index (χ3n) is 5.04. The second-order valence-electron chi connectivity index (χ2n) is 7.06. The van der Waals surface area contributed by atoms with Crippen molar-refractivity contribution in [2.45, 2.75) is 12.5 Å². The maximum atomic E-state index is 11.7. The summed E-state index contributed by atoms with van der Waals surface area (Å²) < 4.78 is 4.23. The molecule has 0 aliphatic carbocycles. The number of aliphatic carboxylic acids is 1. The number of carboxylic acid groups (broad SMARTS) is 1. The van der Waals surface area contributed by atoms with Crippen LogP contribution in [0.15, 0.2) is 96.2 Å². The Morgan fingerprint density at radius 3 is 1.85 bits per heavy atom. The van der Waals surface area contributed by atoms with E-state index in [-0.39, 0.29) is 18.1 Å². The Labute approximate surface area is 195 Å². The van der Waals surface area contributed by atoms with Gasteiger partial charge in [0.2, 0.25) is 16.7 Å². The van der Waals surface area contributed by atoms with Crippen LogP contribution in [0.2, 0.25) is 0 Å². The van der Waals surface area contributed by atoms with Gasteiger partial charge in [0, 0.05) is 11.5 Å². The molecular weight excluding hydrogens is 436 g/mol. The van der Waals surface area contributed by atoms with E-state index in [1.54, 1.807) is 6.92 Å². The molecule has 166 valence electrons. The molecule has 8 heteroatoms. The molecule has 0 saturated heterocycles. The van der Waals surface area contributed by atoms with E-state index in [1.807, 2.05) is 91.0 Å². The molecule has 0 aliphatic rings. The Kier molecular flexibility index (Phi) is 6.75. The first kappa shape index (κ1) is 22.2. The zero-order valence-corrected chi connectivity index (χ0v) is 18.7. The van der Waals surface area contributed by atoms with Crippen molar-refractivity contribution < 1.29 is 14.7 Å². The van der Waals surface area contributed by atoms with Crippen molar-refractivity contribution in [1.82, 2.24) is 9.36 Å². The molecule has 3 aromatic carbocycles. The van der Waals surface area contributed by atoms with E-state index in [9.17, 15) is 9.90 Å². The SMILES string of the molecule is CCO/N=C(\C(=O)O)c1nsc(NC(c2ccccc2)(c2ccccc2)c2ccccc2)n1. The standard InChI is InChI=1S/C25H22N4O3S/c1-2-32-28-21(23(30)31)22-26-24(33-29-22)27-25(18-12-6-3-7-13-18,19-14-8-4-9-15-19)20-16-10-5-11-17-20/h3-17H,2H2,1H3,(H,30,31)(H,26,27,29)/b28-21-. The number of oxime groups is 1. The topological polar surface area (TPSA) is 96.7 Å². The van der Waals surface area contributed by atoms with Crippen LogP contribution < -0.4 is 5.32 Å². The molecule has 1 heterocycles. The first-order valence-electron chi connectivity index (χ1n) is 10.4. The van der Waals surface area contributed by atoms with Gasteiger partial charge in [-0.1, -0.05) is 96.2 Å². The lowest BCUT2D eigenvalue weighted by Gasteiger charge is -2.36. The van der Waals surface area contributed by atoms with E-state index in [2.05, 4.69) is 19.8 Å². The van der Waals surface area contributed by atoms with Gasteiger partial charge in [-0.3, -0.25) is 0 Å². The average Bonchev–Trinajstić information content (AvgIpc) is 3.32. The van der Waals surface area contributed by atoms with Gasteiger partial charge in [0.1, 0.15) is 12.1 Å². The molecular formula is C25H22N4O3S. The molecule has 0 bridgehead atoms. The molecule has 4 aromatic rings. The Morgan fingerprint density at radius 2 is 1.42 bits per heavy atom. The van der Waals surface area contributed by atoms with Crippen LogP contribution in [0.4, 0.5) is 5.13 Å². The lowest BCUT2D eigenvalue weighted by molar-refractivity contribution is -0.129. The van der Waals surface area contributed by atoms with E-state index in [0.717, 1.165) is 28.2 Å². The summed E-state index contributed by atoms with van der Waals surface area (Å²) in [5.41, 5.74) is 1.87. The molecule has 2 N–H and O–H groups in total. The highest BCUT2D eigenvalue weighted by Crippen LogP contribution is 2.40. The van der Waals surface area contributed by atoms with Crippen LogP contribution in [0.1, 0.15) is 29.4 Å². The van der Waals surface area contributed by atoms with E-state index >= 15 is 0 Å². The summed E-state index contributed by atoms with van der Waals surface area (Å²) in [6.45, 7) is 1.96. The highest BCUT2D eigenvalue weighted by Gasteiger charge is 2.37. The predicted octanol–water partition coefficient (Wildman–Crippen LogP) is 4.77. The van der Waals surface area contributed by atoms with Crippen molar-refractivity contribution in [3.8, 4) is 0 Å². The van der Waals surface area contributed by atoms with Crippen LogP contribution in [0.3, 0.4) is 0 Å². The molecule has 0 unspecified atom stereocenters. The monoisotopic (exact) mass is 458 g/mol. The molecule has 7 nitrogen and oxygen atoms in total. The number of benzene rings is 3. The number of nitrogens with one attached hydrogen (secondary N) is 1.